The lowest BCUT2D eigenvalue weighted by molar-refractivity contribution is 0.0697. The molecule has 0 saturated carbocycles. The molecule has 3 rings (SSSR count). The number of para-hydroxylation sites is 1. The fourth-order valence-electron chi connectivity index (χ4n) is 2.87. The highest BCUT2D eigenvalue weighted by atomic mass is 32.2. The summed E-state index contributed by atoms with van der Waals surface area (Å²) < 4.78 is 29.1. The van der Waals surface area contributed by atoms with Crippen molar-refractivity contribution in [2.45, 2.75) is 38.9 Å². The van der Waals surface area contributed by atoms with E-state index in [9.17, 15) is 18.3 Å². The number of sulfonamides is 1. The fourth-order valence-corrected chi connectivity index (χ4v) is 4.46. The number of aromatic carboxylic acids is 1. The molecule has 0 spiro atoms. The number of aromatic nitrogens is 4. The summed E-state index contributed by atoms with van der Waals surface area (Å²) in [6.07, 6.45) is 1.51. The van der Waals surface area contributed by atoms with Crippen molar-refractivity contribution in [2.24, 2.45) is 0 Å². The van der Waals surface area contributed by atoms with E-state index in [1.807, 2.05) is 0 Å². The topological polar surface area (TPSA) is 118 Å². The Balaban J connectivity index is 2.26. The molecule has 3 aromatic rings. The maximum atomic E-state index is 13.3. The molecule has 142 valence electrons. The first-order valence-electron chi connectivity index (χ1n) is 8.20. The van der Waals surface area contributed by atoms with Crippen LogP contribution < -0.4 is 4.31 Å². The summed E-state index contributed by atoms with van der Waals surface area (Å²) in [5.41, 5.74) is 1.19. The Hall–Kier alpha value is -3.01. The summed E-state index contributed by atoms with van der Waals surface area (Å²) in [5.74, 6) is -1.06. The van der Waals surface area contributed by atoms with Crippen molar-refractivity contribution in [1.29, 1.82) is 0 Å². The molecule has 27 heavy (non-hydrogen) atoms. The van der Waals surface area contributed by atoms with Crippen LogP contribution in [0.15, 0.2) is 35.6 Å². The van der Waals surface area contributed by atoms with Crippen molar-refractivity contribution < 1.29 is 18.3 Å². The van der Waals surface area contributed by atoms with E-state index in [0.29, 0.717) is 11.3 Å². The summed E-state index contributed by atoms with van der Waals surface area (Å²) in [6.45, 7) is 6.74. The van der Waals surface area contributed by atoms with Crippen LogP contribution in [0.25, 0.3) is 5.78 Å². The van der Waals surface area contributed by atoms with Gasteiger partial charge in [0.25, 0.3) is 10.9 Å². The molecule has 2 aromatic heterocycles. The highest BCUT2D eigenvalue weighted by Gasteiger charge is 2.35. The number of hydrogen-bond donors (Lipinski definition) is 1. The van der Waals surface area contributed by atoms with E-state index in [2.05, 4.69) is 15.1 Å². The zero-order valence-corrected chi connectivity index (χ0v) is 16.1. The molecule has 0 radical (unpaired) electrons. The molecule has 0 aliphatic rings. The highest BCUT2D eigenvalue weighted by molar-refractivity contribution is 7.92. The third kappa shape index (κ3) is 3.12. The summed E-state index contributed by atoms with van der Waals surface area (Å²) in [4.78, 5) is 19.8. The van der Waals surface area contributed by atoms with Gasteiger partial charge in [-0.15, -0.1) is 5.10 Å². The summed E-state index contributed by atoms with van der Waals surface area (Å²) >= 11 is 0. The number of carboxylic acids is 1. The van der Waals surface area contributed by atoms with Crippen LogP contribution in [0.3, 0.4) is 0 Å². The lowest BCUT2D eigenvalue weighted by atomic mass is 10.1. The zero-order chi connectivity index (χ0) is 19.9. The van der Waals surface area contributed by atoms with Crippen molar-refractivity contribution in [1.82, 2.24) is 19.6 Å². The number of rotatable bonds is 5. The summed E-state index contributed by atoms with van der Waals surface area (Å²) in [5, 5.41) is 13.2. The Morgan fingerprint density at radius 2 is 1.93 bits per heavy atom. The number of aryl methyl sites for hydroxylation is 2. The second-order valence-corrected chi connectivity index (χ2v) is 8.07. The number of carboxylic acid groups (broad SMARTS) is 1. The molecule has 0 saturated heterocycles. The standard InChI is InChI=1S/C17H19N5O4S/c1-10(2)22(14-11(3)6-5-7-13(14)15(23)24)27(25,26)17-19-16-18-9-8-12(4)21(16)20-17/h5-10H,1-4H3,(H,23,24). The minimum absolute atomic E-state index is 0.100. The minimum atomic E-state index is -4.22. The number of carbonyl (C=O) groups is 1. The first-order valence-corrected chi connectivity index (χ1v) is 9.64. The molecule has 0 aliphatic heterocycles. The molecule has 0 unspecified atom stereocenters. The number of nitrogens with zero attached hydrogens (tertiary/aromatic N) is 5. The molecule has 2 heterocycles. The monoisotopic (exact) mass is 389 g/mol. The Morgan fingerprint density at radius 1 is 1.22 bits per heavy atom. The van der Waals surface area contributed by atoms with Crippen molar-refractivity contribution >= 4 is 27.5 Å². The first kappa shape index (κ1) is 18.8. The van der Waals surface area contributed by atoms with Gasteiger partial charge in [0.15, 0.2) is 0 Å². The molecule has 0 atom stereocenters. The van der Waals surface area contributed by atoms with E-state index in [4.69, 9.17) is 0 Å². The molecule has 0 fully saturated rings. The van der Waals surface area contributed by atoms with Crippen LogP contribution in [-0.4, -0.2) is 45.1 Å². The highest BCUT2D eigenvalue weighted by Crippen LogP contribution is 2.31. The van der Waals surface area contributed by atoms with Crippen LogP contribution >= 0.6 is 0 Å². The van der Waals surface area contributed by atoms with E-state index < -0.39 is 27.2 Å². The molecular weight excluding hydrogens is 370 g/mol. The smallest absolute Gasteiger partial charge is 0.337 e. The maximum Gasteiger partial charge on any atom is 0.337 e. The van der Waals surface area contributed by atoms with Gasteiger partial charge in [0.2, 0.25) is 0 Å². The van der Waals surface area contributed by atoms with Crippen LogP contribution in [0.5, 0.6) is 0 Å². The van der Waals surface area contributed by atoms with Gasteiger partial charge in [-0.05, 0) is 45.4 Å². The molecule has 9 nitrogen and oxygen atoms in total. The number of benzene rings is 1. The Kier molecular flexibility index (Phi) is 4.60. The van der Waals surface area contributed by atoms with Crippen LogP contribution in [0.4, 0.5) is 5.69 Å². The van der Waals surface area contributed by atoms with E-state index in [1.54, 1.807) is 45.9 Å². The van der Waals surface area contributed by atoms with E-state index >= 15 is 0 Å². The molecule has 1 N–H and O–H groups in total. The van der Waals surface area contributed by atoms with Gasteiger partial charge in [-0.3, -0.25) is 4.31 Å². The summed E-state index contributed by atoms with van der Waals surface area (Å²) in [6, 6.07) is 5.73. The average molecular weight is 389 g/mol. The Bertz CT molecular complexity index is 1140. The van der Waals surface area contributed by atoms with Gasteiger partial charge in [-0.2, -0.15) is 13.4 Å². The molecular formula is C17H19N5O4S. The van der Waals surface area contributed by atoms with E-state index in [0.717, 1.165) is 4.31 Å². The zero-order valence-electron chi connectivity index (χ0n) is 15.3. The van der Waals surface area contributed by atoms with Gasteiger partial charge in [0.1, 0.15) is 0 Å². The largest absolute Gasteiger partial charge is 0.478 e. The van der Waals surface area contributed by atoms with Crippen molar-refractivity contribution in [3.05, 3.63) is 47.3 Å². The normalized spacial score (nSPS) is 11.9. The van der Waals surface area contributed by atoms with Crippen molar-refractivity contribution in [2.75, 3.05) is 4.31 Å². The van der Waals surface area contributed by atoms with E-state index in [1.165, 1.54) is 16.8 Å². The molecule has 1 aromatic carbocycles. The SMILES string of the molecule is Cc1cccc(C(=O)O)c1N(C(C)C)S(=O)(=O)c1nc2nccc(C)n2n1. The van der Waals surface area contributed by atoms with Crippen molar-refractivity contribution in [3.63, 3.8) is 0 Å². The lowest BCUT2D eigenvalue weighted by Gasteiger charge is -2.29. The molecule has 10 heteroatoms. The van der Waals surface area contributed by atoms with Crippen LogP contribution in [0.1, 0.15) is 35.5 Å². The predicted molar refractivity (Wildman–Crippen MR) is 98.5 cm³/mol. The maximum absolute atomic E-state index is 13.3. The Labute approximate surface area is 156 Å². The van der Waals surface area contributed by atoms with Crippen LogP contribution in [0, 0.1) is 13.8 Å². The van der Waals surface area contributed by atoms with Gasteiger partial charge in [0, 0.05) is 17.9 Å². The second kappa shape index (κ2) is 6.62. The average Bonchev–Trinajstić information content (AvgIpc) is 3.02. The minimum Gasteiger partial charge on any atom is -0.478 e. The molecule has 0 aliphatic carbocycles. The van der Waals surface area contributed by atoms with Gasteiger partial charge in [-0.25, -0.2) is 14.3 Å². The molecule has 0 amide bonds. The van der Waals surface area contributed by atoms with Gasteiger partial charge < -0.3 is 5.11 Å². The fraction of sp³-hybridized carbons (Fsp3) is 0.294. The predicted octanol–water partition coefficient (Wildman–Crippen LogP) is 2.04. The van der Waals surface area contributed by atoms with Crippen molar-refractivity contribution in [3.8, 4) is 0 Å². The molecule has 0 bridgehead atoms. The quantitative estimate of drug-likeness (QED) is 0.709. The number of anilines is 1. The first-order chi connectivity index (χ1) is 12.6. The third-order valence-corrected chi connectivity index (χ3v) is 5.81. The third-order valence-electron chi connectivity index (χ3n) is 4.06. The second-order valence-electron chi connectivity index (χ2n) is 6.36. The Morgan fingerprint density at radius 3 is 2.52 bits per heavy atom. The van der Waals surface area contributed by atoms with Crippen LogP contribution in [0.2, 0.25) is 0 Å². The summed E-state index contributed by atoms with van der Waals surface area (Å²) in [7, 11) is -4.22. The lowest BCUT2D eigenvalue weighted by Crippen LogP contribution is -2.39. The van der Waals surface area contributed by atoms with Gasteiger partial charge in [-0.1, -0.05) is 12.1 Å². The van der Waals surface area contributed by atoms with Crippen LogP contribution in [-0.2, 0) is 10.0 Å². The van der Waals surface area contributed by atoms with E-state index in [-0.39, 0.29) is 17.0 Å². The van der Waals surface area contributed by atoms with Gasteiger partial charge >= 0.3 is 16.0 Å². The number of hydrogen-bond acceptors (Lipinski definition) is 6. The van der Waals surface area contributed by atoms with Gasteiger partial charge in [0.05, 0.1) is 11.3 Å². The number of fused-ring (bicyclic) bond motifs is 1.